The van der Waals surface area contributed by atoms with E-state index in [-0.39, 0.29) is 6.54 Å². The van der Waals surface area contributed by atoms with Gasteiger partial charge in [0.25, 0.3) is 0 Å². The number of guanidine groups is 1. The molecule has 1 aromatic carbocycles. The first-order valence-corrected chi connectivity index (χ1v) is 9.53. The standard InChI is InChI=1S/C21H29N3O3/c1-4-22-20(24-14-21(3,25)19-10-9-15(2)27-19)23-13-16-11-12-26-18-8-6-5-7-17(16)18/h5-10,16,25H,4,11-14H2,1-3H3,(H2,22,23,24). The second-order valence-electron chi connectivity index (χ2n) is 7.13. The number of aliphatic hydroxyl groups is 1. The molecule has 0 aliphatic carbocycles. The van der Waals surface area contributed by atoms with Crippen LogP contribution in [-0.4, -0.2) is 37.3 Å². The van der Waals surface area contributed by atoms with Crippen molar-refractivity contribution in [2.24, 2.45) is 4.99 Å². The average molecular weight is 371 g/mol. The number of ether oxygens (including phenoxy) is 1. The van der Waals surface area contributed by atoms with E-state index in [0.717, 1.165) is 37.6 Å². The van der Waals surface area contributed by atoms with Crippen LogP contribution in [0.15, 0.2) is 45.8 Å². The Morgan fingerprint density at radius 3 is 2.81 bits per heavy atom. The van der Waals surface area contributed by atoms with Crippen LogP contribution in [0.5, 0.6) is 5.75 Å². The highest BCUT2D eigenvalue weighted by Crippen LogP contribution is 2.32. The molecule has 0 fully saturated rings. The van der Waals surface area contributed by atoms with Crippen molar-refractivity contribution in [2.75, 3.05) is 26.2 Å². The lowest BCUT2D eigenvalue weighted by molar-refractivity contribution is 0.0428. The van der Waals surface area contributed by atoms with Gasteiger partial charge in [-0.3, -0.25) is 0 Å². The predicted molar refractivity (Wildman–Crippen MR) is 106 cm³/mol. The van der Waals surface area contributed by atoms with Crippen LogP contribution in [0.25, 0.3) is 0 Å². The van der Waals surface area contributed by atoms with Crippen LogP contribution in [0.3, 0.4) is 0 Å². The van der Waals surface area contributed by atoms with Crippen LogP contribution < -0.4 is 15.4 Å². The molecule has 2 unspecified atom stereocenters. The Morgan fingerprint density at radius 1 is 1.26 bits per heavy atom. The molecule has 6 heteroatoms. The van der Waals surface area contributed by atoms with Gasteiger partial charge < -0.3 is 24.9 Å². The van der Waals surface area contributed by atoms with Gasteiger partial charge in [-0.05, 0) is 51.0 Å². The van der Waals surface area contributed by atoms with E-state index in [4.69, 9.17) is 9.15 Å². The zero-order chi connectivity index (χ0) is 19.3. The number of nitrogens with zero attached hydrogens (tertiary/aromatic N) is 1. The Labute approximate surface area is 160 Å². The predicted octanol–water partition coefficient (Wildman–Crippen LogP) is 2.92. The summed E-state index contributed by atoms with van der Waals surface area (Å²) in [5.74, 6) is 3.32. The third-order valence-electron chi connectivity index (χ3n) is 4.76. The first-order chi connectivity index (χ1) is 13.0. The molecule has 0 amide bonds. The van der Waals surface area contributed by atoms with E-state index < -0.39 is 5.60 Å². The first kappa shape index (κ1) is 19.3. The summed E-state index contributed by atoms with van der Waals surface area (Å²) in [6.45, 7) is 8.04. The van der Waals surface area contributed by atoms with Gasteiger partial charge >= 0.3 is 0 Å². The number of furan rings is 1. The van der Waals surface area contributed by atoms with Gasteiger partial charge in [0.1, 0.15) is 22.9 Å². The number of rotatable bonds is 6. The molecule has 1 aromatic heterocycles. The van der Waals surface area contributed by atoms with E-state index in [9.17, 15) is 5.11 Å². The third kappa shape index (κ3) is 4.83. The van der Waals surface area contributed by atoms with Gasteiger partial charge in [0.2, 0.25) is 0 Å². The van der Waals surface area contributed by atoms with Crippen LogP contribution in [0.1, 0.15) is 43.3 Å². The molecule has 6 nitrogen and oxygen atoms in total. The van der Waals surface area contributed by atoms with E-state index >= 15 is 0 Å². The van der Waals surface area contributed by atoms with Crippen LogP contribution in [0, 0.1) is 6.92 Å². The maximum absolute atomic E-state index is 10.7. The lowest BCUT2D eigenvalue weighted by atomic mass is 9.93. The van der Waals surface area contributed by atoms with Crippen molar-refractivity contribution in [3.05, 3.63) is 53.5 Å². The minimum absolute atomic E-state index is 0.208. The normalized spacial score (nSPS) is 19.0. The number of hydrogen-bond acceptors (Lipinski definition) is 4. The van der Waals surface area contributed by atoms with Crippen LogP contribution in [0.4, 0.5) is 0 Å². The van der Waals surface area contributed by atoms with Gasteiger partial charge in [-0.15, -0.1) is 0 Å². The monoisotopic (exact) mass is 371 g/mol. The number of benzene rings is 1. The number of aryl methyl sites for hydroxylation is 1. The fraction of sp³-hybridized carbons (Fsp3) is 0.476. The van der Waals surface area contributed by atoms with E-state index in [1.807, 2.05) is 38.1 Å². The Hall–Kier alpha value is -2.47. The average Bonchev–Trinajstić information content (AvgIpc) is 3.11. The van der Waals surface area contributed by atoms with E-state index in [0.29, 0.717) is 17.6 Å². The second kappa shape index (κ2) is 8.48. The fourth-order valence-corrected chi connectivity index (χ4v) is 3.22. The summed E-state index contributed by atoms with van der Waals surface area (Å²) in [6.07, 6.45) is 0.965. The molecule has 2 atom stereocenters. The topological polar surface area (TPSA) is 79.0 Å². The third-order valence-corrected chi connectivity index (χ3v) is 4.76. The zero-order valence-electron chi connectivity index (χ0n) is 16.3. The number of fused-ring (bicyclic) bond motifs is 1. The molecule has 27 heavy (non-hydrogen) atoms. The largest absolute Gasteiger partial charge is 0.493 e. The van der Waals surface area contributed by atoms with Gasteiger partial charge in [0.15, 0.2) is 5.96 Å². The van der Waals surface area contributed by atoms with E-state index in [2.05, 4.69) is 21.7 Å². The molecule has 0 bridgehead atoms. The number of hydrogen-bond donors (Lipinski definition) is 3. The molecule has 2 heterocycles. The molecule has 0 saturated heterocycles. The summed E-state index contributed by atoms with van der Waals surface area (Å²) in [4.78, 5) is 4.56. The highest BCUT2D eigenvalue weighted by molar-refractivity contribution is 5.79. The minimum atomic E-state index is -1.15. The van der Waals surface area contributed by atoms with Crippen molar-refractivity contribution in [2.45, 2.75) is 38.7 Å². The minimum Gasteiger partial charge on any atom is -0.493 e. The van der Waals surface area contributed by atoms with Gasteiger partial charge in [0.05, 0.1) is 13.2 Å². The fourth-order valence-electron chi connectivity index (χ4n) is 3.22. The first-order valence-electron chi connectivity index (χ1n) is 9.53. The molecule has 3 N–H and O–H groups in total. The maximum atomic E-state index is 10.7. The quantitative estimate of drug-likeness (QED) is 0.537. The van der Waals surface area contributed by atoms with E-state index in [1.165, 1.54) is 5.56 Å². The van der Waals surface area contributed by atoms with Gasteiger partial charge in [-0.1, -0.05) is 18.2 Å². The van der Waals surface area contributed by atoms with Crippen molar-refractivity contribution in [3.63, 3.8) is 0 Å². The van der Waals surface area contributed by atoms with Crippen molar-refractivity contribution in [1.82, 2.24) is 10.6 Å². The molecule has 0 spiro atoms. The van der Waals surface area contributed by atoms with Crippen LogP contribution >= 0.6 is 0 Å². The molecule has 0 saturated carbocycles. The smallest absolute Gasteiger partial charge is 0.191 e. The van der Waals surface area contributed by atoms with E-state index in [1.54, 1.807) is 13.0 Å². The highest BCUT2D eigenvalue weighted by Gasteiger charge is 2.27. The zero-order valence-corrected chi connectivity index (χ0v) is 16.3. The van der Waals surface area contributed by atoms with Gasteiger partial charge in [-0.25, -0.2) is 4.99 Å². The van der Waals surface area contributed by atoms with Gasteiger partial charge in [0, 0.05) is 19.0 Å². The summed E-state index contributed by atoms with van der Waals surface area (Å²) < 4.78 is 11.3. The Bertz CT molecular complexity index is 782. The number of nitrogens with one attached hydrogen (secondary N) is 2. The molecule has 0 radical (unpaired) electrons. The lowest BCUT2D eigenvalue weighted by Gasteiger charge is -2.27. The Balaban J connectivity index is 1.65. The number of aliphatic imine (C=N–C) groups is 1. The summed E-state index contributed by atoms with van der Waals surface area (Å²) in [5.41, 5.74) is 0.0761. The van der Waals surface area contributed by atoms with Crippen LogP contribution in [0.2, 0.25) is 0 Å². The van der Waals surface area contributed by atoms with Crippen molar-refractivity contribution in [3.8, 4) is 5.75 Å². The lowest BCUT2D eigenvalue weighted by Crippen LogP contribution is -2.41. The molecular formula is C21H29N3O3. The summed E-state index contributed by atoms with van der Waals surface area (Å²) in [5, 5.41) is 17.3. The molecule has 2 aromatic rings. The Kier molecular flexibility index (Phi) is 6.06. The van der Waals surface area contributed by atoms with Gasteiger partial charge in [-0.2, -0.15) is 0 Å². The summed E-state index contributed by atoms with van der Waals surface area (Å²) in [6, 6.07) is 11.8. The molecule has 146 valence electrons. The molecule has 1 aliphatic rings. The summed E-state index contributed by atoms with van der Waals surface area (Å²) in [7, 11) is 0. The second-order valence-corrected chi connectivity index (χ2v) is 7.13. The molecular weight excluding hydrogens is 342 g/mol. The Morgan fingerprint density at radius 2 is 2.07 bits per heavy atom. The molecule has 1 aliphatic heterocycles. The van der Waals surface area contributed by atoms with Crippen LogP contribution in [-0.2, 0) is 5.60 Å². The summed E-state index contributed by atoms with van der Waals surface area (Å²) >= 11 is 0. The number of para-hydroxylation sites is 1. The maximum Gasteiger partial charge on any atom is 0.191 e. The van der Waals surface area contributed by atoms with Crippen molar-refractivity contribution >= 4 is 5.96 Å². The SMILES string of the molecule is CCNC(=NCC(C)(O)c1ccc(C)o1)NCC1CCOc2ccccc21. The van der Waals surface area contributed by atoms with Crippen molar-refractivity contribution < 1.29 is 14.3 Å². The highest BCUT2D eigenvalue weighted by atomic mass is 16.5. The van der Waals surface area contributed by atoms with Crippen molar-refractivity contribution in [1.29, 1.82) is 0 Å². The molecule has 3 rings (SSSR count).